The number of rotatable bonds is 4. The molecule has 0 radical (unpaired) electrons. The van der Waals surface area contributed by atoms with Gasteiger partial charge in [-0.15, -0.1) is 0 Å². The van der Waals surface area contributed by atoms with Crippen molar-refractivity contribution in [1.82, 2.24) is 4.90 Å². The molecule has 4 heteroatoms. The molecule has 0 aliphatic carbocycles. The van der Waals surface area contributed by atoms with Crippen LogP contribution in [0.3, 0.4) is 0 Å². The molecule has 0 saturated heterocycles. The summed E-state index contributed by atoms with van der Waals surface area (Å²) in [5.41, 5.74) is 9.56. The molecule has 1 amide bonds. The van der Waals surface area contributed by atoms with Gasteiger partial charge in [0.2, 0.25) is 0 Å². The molecule has 2 aromatic rings. The van der Waals surface area contributed by atoms with E-state index in [2.05, 4.69) is 22.6 Å². The van der Waals surface area contributed by atoms with Crippen LogP contribution in [0.5, 0.6) is 0 Å². The highest BCUT2D eigenvalue weighted by Gasteiger charge is 2.18. The van der Waals surface area contributed by atoms with Gasteiger partial charge < -0.3 is 10.6 Å². The molecule has 0 aromatic heterocycles. The Balaban J connectivity index is 2.27. The van der Waals surface area contributed by atoms with Crippen LogP contribution >= 0.6 is 22.6 Å². The van der Waals surface area contributed by atoms with Gasteiger partial charge in [0.25, 0.3) is 5.91 Å². The summed E-state index contributed by atoms with van der Waals surface area (Å²) < 4.78 is 1.01. The topological polar surface area (TPSA) is 46.3 Å². The summed E-state index contributed by atoms with van der Waals surface area (Å²) >= 11 is 2.24. The zero-order chi connectivity index (χ0) is 15.4. The zero-order valence-electron chi connectivity index (χ0n) is 12.3. The van der Waals surface area contributed by atoms with Crippen LogP contribution in [0.15, 0.2) is 42.5 Å². The van der Waals surface area contributed by atoms with E-state index in [-0.39, 0.29) is 5.91 Å². The Morgan fingerprint density at radius 2 is 1.90 bits per heavy atom. The van der Waals surface area contributed by atoms with Gasteiger partial charge in [-0.3, -0.25) is 4.79 Å². The minimum Gasteiger partial charge on any atom is -0.398 e. The van der Waals surface area contributed by atoms with Gasteiger partial charge in [0, 0.05) is 22.3 Å². The standard InChI is InChI=1S/C17H19IN2O/c1-3-20(11-13-8-4-5-10-15(13)19)17(21)14-9-6-7-12(2)16(14)18/h4-10H,3,11,19H2,1-2H3. The van der Waals surface area contributed by atoms with Crippen LogP contribution < -0.4 is 5.73 Å². The number of aryl methyl sites for hydroxylation is 1. The second kappa shape index (κ2) is 6.93. The summed E-state index contributed by atoms with van der Waals surface area (Å²) in [6.45, 7) is 5.19. The fourth-order valence-corrected chi connectivity index (χ4v) is 2.78. The second-order valence-electron chi connectivity index (χ2n) is 4.95. The number of carbonyl (C=O) groups is 1. The molecule has 0 bridgehead atoms. The first kappa shape index (κ1) is 15.8. The molecule has 0 fully saturated rings. The van der Waals surface area contributed by atoms with Crippen molar-refractivity contribution in [3.63, 3.8) is 0 Å². The van der Waals surface area contributed by atoms with Crippen molar-refractivity contribution in [2.24, 2.45) is 0 Å². The van der Waals surface area contributed by atoms with Gasteiger partial charge in [0.1, 0.15) is 0 Å². The smallest absolute Gasteiger partial charge is 0.255 e. The Bertz CT molecular complexity index is 655. The fraction of sp³-hybridized carbons (Fsp3) is 0.235. The van der Waals surface area contributed by atoms with Crippen LogP contribution in [0, 0.1) is 10.5 Å². The number of hydrogen-bond acceptors (Lipinski definition) is 2. The average Bonchev–Trinajstić information content (AvgIpc) is 2.48. The predicted molar refractivity (Wildman–Crippen MR) is 95.2 cm³/mol. The van der Waals surface area contributed by atoms with E-state index < -0.39 is 0 Å². The monoisotopic (exact) mass is 394 g/mol. The molecule has 0 heterocycles. The lowest BCUT2D eigenvalue weighted by molar-refractivity contribution is 0.0752. The maximum atomic E-state index is 12.7. The Morgan fingerprint density at radius 1 is 1.19 bits per heavy atom. The molecule has 2 rings (SSSR count). The summed E-state index contributed by atoms with van der Waals surface area (Å²) in [5, 5.41) is 0. The maximum absolute atomic E-state index is 12.7. The Kier molecular flexibility index (Phi) is 5.22. The maximum Gasteiger partial charge on any atom is 0.255 e. The first-order valence-electron chi connectivity index (χ1n) is 6.92. The molecule has 0 saturated carbocycles. The van der Waals surface area contributed by atoms with Crippen molar-refractivity contribution in [1.29, 1.82) is 0 Å². The summed E-state index contributed by atoms with van der Waals surface area (Å²) in [6.07, 6.45) is 0. The minimum atomic E-state index is 0.0499. The van der Waals surface area contributed by atoms with Crippen LogP contribution in [0.2, 0.25) is 0 Å². The highest BCUT2D eigenvalue weighted by atomic mass is 127. The number of halogens is 1. The number of nitrogens with two attached hydrogens (primary N) is 1. The highest BCUT2D eigenvalue weighted by Crippen LogP contribution is 2.20. The van der Waals surface area contributed by atoms with Gasteiger partial charge >= 0.3 is 0 Å². The van der Waals surface area contributed by atoms with E-state index in [1.54, 1.807) is 0 Å². The molecule has 2 aromatic carbocycles. The van der Waals surface area contributed by atoms with E-state index in [9.17, 15) is 4.79 Å². The number of anilines is 1. The van der Waals surface area contributed by atoms with Gasteiger partial charge in [-0.2, -0.15) is 0 Å². The molecule has 110 valence electrons. The van der Waals surface area contributed by atoms with Crippen molar-refractivity contribution >= 4 is 34.2 Å². The van der Waals surface area contributed by atoms with E-state index >= 15 is 0 Å². The predicted octanol–water partition coefficient (Wildman–Crippen LogP) is 3.84. The normalized spacial score (nSPS) is 10.4. The summed E-state index contributed by atoms with van der Waals surface area (Å²) in [6, 6.07) is 13.5. The lowest BCUT2D eigenvalue weighted by Gasteiger charge is -2.22. The molecule has 0 unspecified atom stereocenters. The van der Waals surface area contributed by atoms with Gasteiger partial charge in [0.15, 0.2) is 0 Å². The first-order chi connectivity index (χ1) is 10.0. The van der Waals surface area contributed by atoms with Crippen molar-refractivity contribution in [3.05, 3.63) is 62.7 Å². The van der Waals surface area contributed by atoms with Gasteiger partial charge in [-0.05, 0) is 59.7 Å². The molecule has 0 aliphatic heterocycles. The molecule has 0 spiro atoms. The van der Waals surface area contributed by atoms with E-state index in [1.165, 1.54) is 0 Å². The van der Waals surface area contributed by atoms with Crippen molar-refractivity contribution in [2.45, 2.75) is 20.4 Å². The summed E-state index contributed by atoms with van der Waals surface area (Å²) in [5.74, 6) is 0.0499. The first-order valence-corrected chi connectivity index (χ1v) is 8.00. The van der Waals surface area contributed by atoms with E-state index in [1.807, 2.05) is 61.2 Å². The molecular formula is C17H19IN2O. The summed E-state index contributed by atoms with van der Waals surface area (Å²) in [7, 11) is 0. The lowest BCUT2D eigenvalue weighted by atomic mass is 10.1. The number of para-hydroxylation sites is 1. The largest absolute Gasteiger partial charge is 0.398 e. The molecule has 3 nitrogen and oxygen atoms in total. The minimum absolute atomic E-state index is 0.0499. The van der Waals surface area contributed by atoms with Crippen molar-refractivity contribution in [3.8, 4) is 0 Å². The van der Waals surface area contributed by atoms with Crippen LogP contribution in [0.25, 0.3) is 0 Å². The van der Waals surface area contributed by atoms with Crippen LogP contribution in [-0.4, -0.2) is 17.4 Å². The van der Waals surface area contributed by atoms with Crippen LogP contribution in [0.1, 0.15) is 28.4 Å². The number of carbonyl (C=O) groups excluding carboxylic acids is 1. The SMILES string of the molecule is CCN(Cc1ccccc1N)C(=O)c1cccc(C)c1I. The number of nitrogen functional groups attached to an aromatic ring is 1. The Labute approximate surface area is 139 Å². The number of hydrogen-bond donors (Lipinski definition) is 1. The molecule has 2 N–H and O–H groups in total. The fourth-order valence-electron chi connectivity index (χ4n) is 2.19. The van der Waals surface area contributed by atoms with Crippen LogP contribution in [0.4, 0.5) is 5.69 Å². The van der Waals surface area contributed by atoms with Gasteiger partial charge in [-0.25, -0.2) is 0 Å². The molecule has 0 atom stereocenters. The lowest BCUT2D eigenvalue weighted by Crippen LogP contribution is -2.31. The van der Waals surface area contributed by atoms with Gasteiger partial charge in [0.05, 0.1) is 5.56 Å². The third kappa shape index (κ3) is 3.56. The molecule has 21 heavy (non-hydrogen) atoms. The van der Waals surface area contributed by atoms with Gasteiger partial charge in [-0.1, -0.05) is 30.3 Å². The van der Waals surface area contributed by atoms with Crippen LogP contribution in [-0.2, 0) is 6.54 Å². The zero-order valence-corrected chi connectivity index (χ0v) is 14.4. The second-order valence-corrected chi connectivity index (χ2v) is 6.03. The Morgan fingerprint density at radius 3 is 2.57 bits per heavy atom. The average molecular weight is 394 g/mol. The third-order valence-electron chi connectivity index (χ3n) is 3.51. The summed E-state index contributed by atoms with van der Waals surface area (Å²) in [4.78, 5) is 14.6. The van der Waals surface area contributed by atoms with E-state index in [0.717, 1.165) is 25.9 Å². The number of nitrogens with zero attached hydrogens (tertiary/aromatic N) is 1. The van der Waals surface area contributed by atoms with E-state index in [0.29, 0.717) is 13.1 Å². The molecular weight excluding hydrogens is 375 g/mol. The van der Waals surface area contributed by atoms with E-state index in [4.69, 9.17) is 5.73 Å². The Hall–Kier alpha value is -1.56. The quantitative estimate of drug-likeness (QED) is 0.633. The third-order valence-corrected chi connectivity index (χ3v) is 4.94. The highest BCUT2D eigenvalue weighted by molar-refractivity contribution is 14.1. The van der Waals surface area contributed by atoms with Crippen molar-refractivity contribution < 1.29 is 4.79 Å². The number of amides is 1. The number of benzene rings is 2. The molecule has 0 aliphatic rings. The van der Waals surface area contributed by atoms with Crippen molar-refractivity contribution in [2.75, 3.05) is 12.3 Å².